The monoisotopic (exact) mass is 212 g/mol. The summed E-state index contributed by atoms with van der Waals surface area (Å²) in [7, 11) is 0. The van der Waals surface area contributed by atoms with Gasteiger partial charge < -0.3 is 16.1 Å². The lowest BCUT2D eigenvalue weighted by atomic mass is 9.80. The number of nitrogens with one attached hydrogen (secondary N) is 1. The Kier molecular flexibility index (Phi) is 4.42. The number of carbonyl (C=O) groups is 1. The molecule has 0 unspecified atom stereocenters. The summed E-state index contributed by atoms with van der Waals surface area (Å²) in [6.07, 6.45) is 5.36. The van der Waals surface area contributed by atoms with E-state index in [2.05, 4.69) is 5.32 Å². The summed E-state index contributed by atoms with van der Waals surface area (Å²) in [5, 5.41) is 4.40. The molecule has 5 N–H and O–H groups in total. The molecule has 0 aromatic rings. The van der Waals surface area contributed by atoms with Crippen molar-refractivity contribution in [2.24, 2.45) is 17.5 Å². The van der Waals surface area contributed by atoms with Crippen LogP contribution in [0.5, 0.6) is 0 Å². The molecule has 0 radical (unpaired) electrons. The molecule has 1 fully saturated rings. The summed E-state index contributed by atoms with van der Waals surface area (Å²) in [5.74, 6) is 6.33. The van der Waals surface area contributed by atoms with Crippen molar-refractivity contribution < 1.29 is 4.79 Å². The molecule has 0 spiro atoms. The zero-order valence-electron chi connectivity index (χ0n) is 9.15. The Morgan fingerprint density at radius 1 is 1.60 bits per heavy atom. The van der Waals surface area contributed by atoms with E-state index < -0.39 is 0 Å². The number of hydrogen-bond donors (Lipinski definition) is 3. The summed E-state index contributed by atoms with van der Waals surface area (Å²) >= 11 is 0. The Hall–Kier alpha value is -1.23. The smallest absolute Gasteiger partial charge is 0.207 e. The average molecular weight is 212 g/mol. The lowest BCUT2D eigenvalue weighted by Gasteiger charge is -2.36. The normalized spacial score (nSPS) is 25.6. The Morgan fingerprint density at radius 3 is 2.80 bits per heavy atom. The first-order valence-corrected chi connectivity index (χ1v) is 5.32. The molecule has 15 heavy (non-hydrogen) atoms. The van der Waals surface area contributed by atoms with Crippen LogP contribution in [0.2, 0.25) is 0 Å². The largest absolute Gasteiger partial charge is 0.401 e. The number of hydrazine groups is 1. The molecular weight excluding hydrogens is 192 g/mol. The van der Waals surface area contributed by atoms with E-state index in [1.54, 1.807) is 11.2 Å². The summed E-state index contributed by atoms with van der Waals surface area (Å²) in [6.45, 7) is 2.80. The van der Waals surface area contributed by atoms with E-state index in [1.807, 2.05) is 6.92 Å². The molecule has 0 aromatic heterocycles. The zero-order valence-corrected chi connectivity index (χ0v) is 9.15. The number of nitrogens with zero attached hydrogens (tertiary/aromatic N) is 1. The summed E-state index contributed by atoms with van der Waals surface area (Å²) in [6, 6.07) is 0.341. The van der Waals surface area contributed by atoms with Gasteiger partial charge >= 0.3 is 0 Å². The third-order valence-corrected chi connectivity index (χ3v) is 2.75. The maximum atomic E-state index is 10.1. The molecule has 1 amide bonds. The van der Waals surface area contributed by atoms with E-state index in [9.17, 15) is 4.79 Å². The van der Waals surface area contributed by atoms with Crippen LogP contribution >= 0.6 is 0 Å². The van der Waals surface area contributed by atoms with E-state index in [1.165, 1.54) is 0 Å². The first-order chi connectivity index (χ1) is 7.15. The molecular formula is C10H20N4O. The maximum absolute atomic E-state index is 10.1. The third-order valence-electron chi connectivity index (χ3n) is 2.75. The van der Waals surface area contributed by atoms with Gasteiger partial charge in [0.05, 0.1) is 0 Å². The molecule has 1 aliphatic rings. The minimum atomic E-state index is 0.341. The van der Waals surface area contributed by atoms with Crippen molar-refractivity contribution in [3.63, 3.8) is 0 Å². The summed E-state index contributed by atoms with van der Waals surface area (Å²) in [4.78, 5) is 10.1. The minimum absolute atomic E-state index is 0.341. The molecule has 0 aromatic carbocycles. The highest BCUT2D eigenvalue weighted by Crippen LogP contribution is 2.27. The quantitative estimate of drug-likeness (QED) is 0.326. The second-order valence-corrected chi connectivity index (χ2v) is 4.07. The van der Waals surface area contributed by atoms with Gasteiger partial charge in [0.2, 0.25) is 6.41 Å². The fourth-order valence-electron chi connectivity index (χ4n) is 1.77. The van der Waals surface area contributed by atoms with Crippen molar-refractivity contribution in [2.45, 2.75) is 32.2 Å². The molecule has 0 atom stereocenters. The molecule has 0 bridgehead atoms. The van der Waals surface area contributed by atoms with Crippen LogP contribution in [-0.2, 0) is 4.79 Å². The van der Waals surface area contributed by atoms with Crippen molar-refractivity contribution in [2.75, 3.05) is 6.54 Å². The van der Waals surface area contributed by atoms with Gasteiger partial charge in [-0.15, -0.1) is 0 Å². The zero-order chi connectivity index (χ0) is 11.3. The van der Waals surface area contributed by atoms with E-state index in [0.29, 0.717) is 12.0 Å². The Bertz CT molecular complexity index is 236. The van der Waals surface area contributed by atoms with Gasteiger partial charge in [0.1, 0.15) is 0 Å². The first kappa shape index (κ1) is 11.8. The molecule has 1 rings (SSSR count). The topological polar surface area (TPSA) is 84.4 Å². The highest BCUT2D eigenvalue weighted by atomic mass is 16.1. The number of rotatable bonds is 6. The Balaban J connectivity index is 2.18. The standard InChI is InChI=1S/C10H20N4O/c1-2-9(11)6-14(12)5-8-3-10(4-8)13-7-15/h6-8,10H,2-5,11-12H2,1H3,(H,13,15)/b9-6-. The van der Waals surface area contributed by atoms with Crippen molar-refractivity contribution in [3.8, 4) is 0 Å². The van der Waals surface area contributed by atoms with Gasteiger partial charge in [0.15, 0.2) is 0 Å². The van der Waals surface area contributed by atoms with E-state index in [4.69, 9.17) is 11.6 Å². The number of amides is 1. The second-order valence-electron chi connectivity index (χ2n) is 4.07. The summed E-state index contributed by atoms with van der Waals surface area (Å²) < 4.78 is 0. The van der Waals surface area contributed by atoms with Crippen LogP contribution < -0.4 is 16.9 Å². The van der Waals surface area contributed by atoms with E-state index in [-0.39, 0.29) is 0 Å². The molecule has 0 aliphatic heterocycles. The van der Waals surface area contributed by atoms with Gasteiger partial charge in [-0.25, -0.2) is 5.84 Å². The Morgan fingerprint density at radius 2 is 2.27 bits per heavy atom. The van der Waals surface area contributed by atoms with Gasteiger partial charge in [-0.2, -0.15) is 0 Å². The fraction of sp³-hybridized carbons (Fsp3) is 0.700. The summed E-state index contributed by atoms with van der Waals surface area (Å²) in [5.41, 5.74) is 6.46. The molecule has 0 saturated heterocycles. The third kappa shape index (κ3) is 3.79. The van der Waals surface area contributed by atoms with Crippen LogP contribution in [-0.4, -0.2) is 24.0 Å². The van der Waals surface area contributed by atoms with Gasteiger partial charge in [0, 0.05) is 24.5 Å². The van der Waals surface area contributed by atoms with Crippen LogP contribution in [0.1, 0.15) is 26.2 Å². The lowest BCUT2D eigenvalue weighted by Crippen LogP contribution is -2.45. The molecule has 1 saturated carbocycles. The van der Waals surface area contributed by atoms with Crippen LogP contribution in [0.4, 0.5) is 0 Å². The maximum Gasteiger partial charge on any atom is 0.207 e. The molecule has 1 aliphatic carbocycles. The minimum Gasteiger partial charge on any atom is -0.401 e. The Labute approximate surface area is 90.4 Å². The lowest BCUT2D eigenvalue weighted by molar-refractivity contribution is -0.110. The van der Waals surface area contributed by atoms with Crippen LogP contribution in [0, 0.1) is 5.92 Å². The molecule has 0 heterocycles. The van der Waals surface area contributed by atoms with Crippen molar-refractivity contribution in [1.29, 1.82) is 0 Å². The predicted octanol–water partition coefficient (Wildman–Crippen LogP) is -0.103. The highest BCUT2D eigenvalue weighted by Gasteiger charge is 2.29. The number of carbonyl (C=O) groups excluding carboxylic acids is 1. The highest BCUT2D eigenvalue weighted by molar-refractivity contribution is 5.46. The van der Waals surface area contributed by atoms with Crippen LogP contribution in [0.15, 0.2) is 11.9 Å². The molecule has 5 heteroatoms. The van der Waals surface area contributed by atoms with E-state index in [0.717, 1.165) is 37.9 Å². The second kappa shape index (κ2) is 5.60. The van der Waals surface area contributed by atoms with Gasteiger partial charge in [-0.1, -0.05) is 6.92 Å². The van der Waals surface area contributed by atoms with Crippen LogP contribution in [0.3, 0.4) is 0 Å². The SMILES string of the molecule is CC/C(N)=C/N(N)CC1CC(NC=O)C1. The van der Waals surface area contributed by atoms with Crippen LogP contribution in [0.25, 0.3) is 0 Å². The number of nitrogens with two attached hydrogens (primary N) is 2. The van der Waals surface area contributed by atoms with Crippen molar-refractivity contribution in [3.05, 3.63) is 11.9 Å². The molecule has 5 nitrogen and oxygen atoms in total. The van der Waals surface area contributed by atoms with Crippen molar-refractivity contribution in [1.82, 2.24) is 10.3 Å². The van der Waals surface area contributed by atoms with E-state index >= 15 is 0 Å². The van der Waals surface area contributed by atoms with Gasteiger partial charge in [0.25, 0.3) is 0 Å². The molecule has 86 valence electrons. The predicted molar refractivity (Wildman–Crippen MR) is 59.2 cm³/mol. The fourth-order valence-corrected chi connectivity index (χ4v) is 1.77. The first-order valence-electron chi connectivity index (χ1n) is 5.32. The number of hydrogen-bond acceptors (Lipinski definition) is 4. The van der Waals surface area contributed by atoms with Crippen molar-refractivity contribution >= 4 is 6.41 Å². The number of allylic oxidation sites excluding steroid dienone is 1. The average Bonchev–Trinajstić information content (AvgIpc) is 2.14. The van der Waals surface area contributed by atoms with Gasteiger partial charge in [-0.3, -0.25) is 4.79 Å². The van der Waals surface area contributed by atoms with Gasteiger partial charge in [-0.05, 0) is 25.2 Å².